The number of unbranched alkanes of at least 4 members (excludes halogenated alkanes) is 2. The number of thiazole rings is 1. The molecule has 3 fully saturated rings. The van der Waals surface area contributed by atoms with Gasteiger partial charge in [-0.3, -0.25) is 24.5 Å². The van der Waals surface area contributed by atoms with Crippen LogP contribution in [0.2, 0.25) is 0 Å². The number of para-hydroxylation sites is 1. The quantitative estimate of drug-likeness (QED) is 0.0370. The van der Waals surface area contributed by atoms with Crippen LogP contribution in [0.3, 0.4) is 0 Å². The second kappa shape index (κ2) is 32.1. The molecule has 520 valence electrons. The number of aromatic nitrogens is 1. The zero-order valence-corrected chi connectivity index (χ0v) is 55.7. The van der Waals surface area contributed by atoms with E-state index in [1.807, 2.05) is 79.2 Å². The van der Waals surface area contributed by atoms with Gasteiger partial charge in [0, 0.05) is 102 Å². The normalized spacial score (nSPS) is 18.2. The van der Waals surface area contributed by atoms with Crippen LogP contribution in [0.15, 0.2) is 127 Å². The van der Waals surface area contributed by atoms with Crippen LogP contribution < -0.4 is 10.6 Å². The number of benzene rings is 5. The van der Waals surface area contributed by atoms with Crippen molar-refractivity contribution in [3.8, 4) is 11.1 Å². The number of rotatable bonds is 27. The van der Waals surface area contributed by atoms with Gasteiger partial charge in [0.2, 0.25) is 17.7 Å². The minimum Gasteiger partial charge on any atom is -0.446 e. The molecule has 0 unspecified atom stereocenters. The number of alkyl halides is 6. The van der Waals surface area contributed by atoms with Crippen LogP contribution in [-0.4, -0.2) is 183 Å². The highest BCUT2D eigenvalue weighted by atomic mass is 32.1. The number of anilines is 2. The Balaban J connectivity index is 0.597. The molecular formula is C72H84F7N9O8S. The Morgan fingerprint density at radius 2 is 1.36 bits per heavy atom. The third-order valence-corrected chi connectivity index (χ3v) is 20.1. The predicted molar refractivity (Wildman–Crippen MR) is 355 cm³/mol. The van der Waals surface area contributed by atoms with Crippen LogP contribution in [-0.2, 0) is 64.8 Å². The summed E-state index contributed by atoms with van der Waals surface area (Å²) in [5, 5.41) is 8.88. The van der Waals surface area contributed by atoms with Crippen LogP contribution >= 0.6 is 11.3 Å². The maximum Gasteiger partial charge on any atom is 0.416 e. The number of fused-ring (bicyclic) bond motifs is 2. The Bertz CT molecular complexity index is 3630. The summed E-state index contributed by atoms with van der Waals surface area (Å²) in [6.07, 6.45) is -3.95. The van der Waals surface area contributed by atoms with Crippen molar-refractivity contribution >= 4 is 51.9 Å². The largest absolute Gasteiger partial charge is 0.446 e. The van der Waals surface area contributed by atoms with E-state index in [1.54, 1.807) is 28.8 Å². The number of carbonyl (C=O) groups excluding carboxylic acids is 5. The SMILES string of the molecule is CN(CCN1CCC(OC(=O)Nc2ccccc2-c2ccccc2)CC1)C(=O)CCCCCNc1nc(CC(=O)N(C)CCCN(C)C(=O)CO[C@H]2Cc3ccccc3C23CCN(CC[C@@]2(c4ccc(F)cc4)CN(C(=O)c4cc(C(F)(F)F)cc(C(F)(F)F)c4)CO2)CC3)cs1. The fourth-order valence-corrected chi connectivity index (χ4v) is 14.3. The highest BCUT2D eigenvalue weighted by molar-refractivity contribution is 7.13. The van der Waals surface area contributed by atoms with Gasteiger partial charge in [-0.2, -0.15) is 26.3 Å². The Labute approximate surface area is 565 Å². The summed E-state index contributed by atoms with van der Waals surface area (Å²) in [6, 6.07) is 31.9. The van der Waals surface area contributed by atoms with Gasteiger partial charge in [0.05, 0.1) is 41.6 Å². The molecule has 17 nitrogen and oxygen atoms in total. The van der Waals surface area contributed by atoms with E-state index in [1.165, 1.54) is 35.6 Å². The molecule has 3 aliphatic heterocycles. The Hall–Kier alpha value is -7.97. The number of nitrogens with one attached hydrogen (secondary N) is 2. The van der Waals surface area contributed by atoms with Gasteiger partial charge >= 0.3 is 18.4 Å². The van der Waals surface area contributed by atoms with Crippen LogP contribution in [0.1, 0.15) is 108 Å². The van der Waals surface area contributed by atoms with Gasteiger partial charge in [-0.05, 0) is 130 Å². The lowest BCUT2D eigenvalue weighted by atomic mass is 9.72. The molecule has 1 aromatic heterocycles. The standard InChI is InChI=1S/C72H84F7N9O8S/c1-83(64(90)45-57-47-97-67(81-57)80-31-13-5-8-21-63(89)85(3)39-40-86-34-26-58(27-35-86)96-68(93)82-61-20-12-10-18-59(61)50-15-6-4-7-16-50)32-14-33-84(2)65(91)46-94-62-43-51-17-9-11-19-60(51)69(62)28-36-87(37-29-69)38-30-70(53-22-24-56(73)25-23-53)48-88(49-95-70)66(92)52-41-54(71(74,75)76)44-55(42-52)72(77,78)79/h4,6-7,9-12,15-20,22-25,41-42,44,47,58,62H,5,8,13-14,21,26-40,43,45-46,48-49H2,1-3H3,(H,80,81)(H,82,93)/t62-,70-/m0/s1. The van der Waals surface area contributed by atoms with E-state index in [0.717, 1.165) is 84.0 Å². The van der Waals surface area contributed by atoms with Gasteiger partial charge in [-0.15, -0.1) is 11.3 Å². The summed E-state index contributed by atoms with van der Waals surface area (Å²) in [4.78, 5) is 81.8. The van der Waals surface area contributed by atoms with Gasteiger partial charge < -0.3 is 48.9 Å². The first-order valence-electron chi connectivity index (χ1n) is 33.1. The minimum absolute atomic E-state index is 0.0289. The molecule has 0 saturated carbocycles. The molecule has 0 bridgehead atoms. The zero-order chi connectivity index (χ0) is 68.9. The monoisotopic (exact) mass is 1370 g/mol. The van der Waals surface area contributed by atoms with Crippen molar-refractivity contribution in [2.24, 2.45) is 0 Å². The first kappa shape index (κ1) is 71.8. The highest BCUT2D eigenvalue weighted by Gasteiger charge is 2.50. The van der Waals surface area contributed by atoms with E-state index in [-0.39, 0.29) is 62.0 Å². The lowest BCUT2D eigenvalue weighted by Crippen LogP contribution is -2.50. The average molecular weight is 1370 g/mol. The molecule has 4 heterocycles. The van der Waals surface area contributed by atoms with Crippen molar-refractivity contribution in [1.29, 1.82) is 0 Å². The van der Waals surface area contributed by atoms with Gasteiger partial charge in [-0.1, -0.05) is 91.3 Å². The van der Waals surface area contributed by atoms with Crippen molar-refractivity contribution in [1.82, 2.24) is 34.4 Å². The second-order valence-corrected chi connectivity index (χ2v) is 26.7. The average Bonchev–Trinajstić information content (AvgIpc) is 1.62. The van der Waals surface area contributed by atoms with E-state index in [0.29, 0.717) is 107 Å². The summed E-state index contributed by atoms with van der Waals surface area (Å²) >= 11 is 1.44. The van der Waals surface area contributed by atoms with E-state index in [2.05, 4.69) is 37.6 Å². The molecule has 2 N–H and O–H groups in total. The van der Waals surface area contributed by atoms with Gasteiger partial charge in [-0.25, -0.2) is 14.2 Å². The molecule has 1 aliphatic carbocycles. The number of nitrogens with zero attached hydrogens (tertiary/aromatic N) is 7. The number of amides is 5. The molecule has 5 aromatic carbocycles. The van der Waals surface area contributed by atoms with E-state index < -0.39 is 64.6 Å². The molecular weight excluding hydrogens is 1280 g/mol. The number of likely N-dealkylation sites (tertiary alicyclic amines) is 2. The number of halogens is 7. The first-order valence-corrected chi connectivity index (χ1v) is 34.0. The Morgan fingerprint density at radius 3 is 2.07 bits per heavy atom. The number of hydrogen-bond donors (Lipinski definition) is 2. The van der Waals surface area contributed by atoms with Gasteiger partial charge in [0.25, 0.3) is 5.91 Å². The van der Waals surface area contributed by atoms with Gasteiger partial charge in [0.15, 0.2) is 5.13 Å². The molecule has 97 heavy (non-hydrogen) atoms. The number of piperidine rings is 2. The van der Waals surface area contributed by atoms with Crippen molar-refractivity contribution in [2.75, 3.05) is 117 Å². The number of likely N-dealkylation sites (N-methyl/N-ethyl adjacent to an activating group) is 3. The number of ether oxygens (including phenoxy) is 3. The molecule has 6 aromatic rings. The number of hydrogen-bond acceptors (Lipinski definition) is 13. The smallest absolute Gasteiger partial charge is 0.416 e. The topological polar surface area (TPSA) is 169 Å². The zero-order valence-electron chi connectivity index (χ0n) is 54.9. The van der Waals surface area contributed by atoms with Crippen LogP contribution in [0, 0.1) is 5.82 Å². The molecule has 10 rings (SSSR count). The third-order valence-electron chi connectivity index (χ3n) is 19.3. The van der Waals surface area contributed by atoms with Crippen molar-refractivity contribution in [3.63, 3.8) is 0 Å². The maximum atomic E-state index is 14.2. The predicted octanol–water partition coefficient (Wildman–Crippen LogP) is 12.4. The number of carbonyl (C=O) groups is 5. The molecule has 0 radical (unpaired) electrons. The highest BCUT2D eigenvalue weighted by Crippen LogP contribution is 2.48. The fraction of sp³-hybridized carbons (Fsp3) is 0.472. The Kier molecular flexibility index (Phi) is 23.8. The fourth-order valence-electron chi connectivity index (χ4n) is 13.5. The minimum atomic E-state index is -5.15. The van der Waals surface area contributed by atoms with E-state index in [9.17, 15) is 54.7 Å². The van der Waals surface area contributed by atoms with Crippen LogP contribution in [0.25, 0.3) is 11.1 Å². The molecule has 3 saturated heterocycles. The second-order valence-electron chi connectivity index (χ2n) is 25.8. The van der Waals surface area contributed by atoms with E-state index in [4.69, 9.17) is 14.2 Å². The molecule has 1 spiro atoms. The summed E-state index contributed by atoms with van der Waals surface area (Å²) in [7, 11) is 5.30. The summed E-state index contributed by atoms with van der Waals surface area (Å²) < 4.78 is 116. The molecule has 25 heteroatoms. The molecule has 4 aliphatic rings. The van der Waals surface area contributed by atoms with Crippen LogP contribution in [0.5, 0.6) is 0 Å². The van der Waals surface area contributed by atoms with E-state index >= 15 is 0 Å². The maximum absolute atomic E-state index is 14.2. The van der Waals surface area contributed by atoms with Crippen molar-refractivity contribution in [2.45, 2.75) is 113 Å². The molecule has 2 atom stereocenters. The summed E-state index contributed by atoms with van der Waals surface area (Å²) in [6.45, 7) is 5.28. The Morgan fingerprint density at radius 1 is 0.711 bits per heavy atom. The lowest BCUT2D eigenvalue weighted by Gasteiger charge is -2.44. The van der Waals surface area contributed by atoms with Crippen LogP contribution in [0.4, 0.5) is 46.3 Å². The third kappa shape index (κ3) is 18.6. The van der Waals surface area contributed by atoms with Gasteiger partial charge in [0.1, 0.15) is 30.9 Å². The summed E-state index contributed by atoms with van der Waals surface area (Å²) in [5.74, 6) is -1.78. The first-order chi connectivity index (χ1) is 46.4. The van der Waals surface area contributed by atoms with Crippen molar-refractivity contribution in [3.05, 3.63) is 172 Å². The lowest BCUT2D eigenvalue weighted by molar-refractivity contribution is -0.143. The molecule has 5 amide bonds. The summed E-state index contributed by atoms with van der Waals surface area (Å²) in [5.41, 5.74) is 0.414. The van der Waals surface area contributed by atoms with Crippen molar-refractivity contribution < 1.29 is 68.9 Å².